The lowest BCUT2D eigenvalue weighted by Crippen LogP contribution is -2.49. The van der Waals surface area contributed by atoms with Crippen molar-refractivity contribution in [2.75, 3.05) is 19.4 Å². The molecule has 0 saturated carbocycles. The van der Waals surface area contributed by atoms with Crippen LogP contribution in [0, 0.1) is 22.2 Å². The monoisotopic (exact) mass is 626 g/mol. The Kier molecular flexibility index (Phi) is 7.31. The first-order valence-electron chi connectivity index (χ1n) is 13.9. The lowest BCUT2D eigenvalue weighted by Gasteiger charge is -2.41. The number of aliphatic carboxylic acids is 1. The van der Waals surface area contributed by atoms with Crippen molar-refractivity contribution in [2.45, 2.75) is 42.5 Å². The van der Waals surface area contributed by atoms with E-state index in [-0.39, 0.29) is 45.4 Å². The standard InChI is InChI=1S/C31H29F3N4O5S/c1-31(11-13-42-27-16(6-9-23(39)40)4-3-5-20(27)31)22-15-37-30(38-22)19-14-17(7-8-21(19)32)43-28-25(34)24(33)26-18(10-12-36-26)29(28)44(2,35)41/h3-5,7-8,10,12,14,22,35-36H,6,9,11,13,15H2,1-2H3,(H,37,38)(H,39,40). The molecule has 4 N–H and O–H groups in total. The summed E-state index contributed by atoms with van der Waals surface area (Å²) in [5.74, 6) is -4.10. The number of benzene rings is 3. The summed E-state index contributed by atoms with van der Waals surface area (Å²) in [4.78, 5) is 18.0. The second kappa shape index (κ2) is 10.9. The lowest BCUT2D eigenvalue weighted by atomic mass is 9.71. The van der Waals surface area contributed by atoms with Gasteiger partial charge in [-0.1, -0.05) is 25.1 Å². The Hall–Kier alpha value is -4.52. The Morgan fingerprint density at radius 1 is 1.23 bits per heavy atom. The summed E-state index contributed by atoms with van der Waals surface area (Å²) >= 11 is 0. The van der Waals surface area contributed by atoms with Gasteiger partial charge in [-0.15, -0.1) is 0 Å². The van der Waals surface area contributed by atoms with Crippen LogP contribution in [-0.2, 0) is 26.4 Å². The van der Waals surface area contributed by atoms with E-state index in [0.717, 1.165) is 23.4 Å². The fraction of sp³-hybridized carbons (Fsp3) is 0.290. The van der Waals surface area contributed by atoms with Crippen molar-refractivity contribution >= 4 is 32.4 Å². The van der Waals surface area contributed by atoms with Crippen LogP contribution in [0.25, 0.3) is 10.9 Å². The molecular weight excluding hydrogens is 597 g/mol. The number of aryl methyl sites for hydroxylation is 1. The second-order valence-electron chi connectivity index (χ2n) is 11.2. The van der Waals surface area contributed by atoms with Gasteiger partial charge in [0.2, 0.25) is 5.82 Å². The Balaban J connectivity index is 1.31. The second-order valence-corrected chi connectivity index (χ2v) is 13.3. The van der Waals surface area contributed by atoms with E-state index < -0.39 is 44.3 Å². The number of carboxylic acids is 1. The van der Waals surface area contributed by atoms with Gasteiger partial charge < -0.3 is 24.9 Å². The summed E-state index contributed by atoms with van der Waals surface area (Å²) < 4.78 is 78.0. The molecule has 13 heteroatoms. The molecule has 3 aromatic carbocycles. The molecule has 0 saturated heterocycles. The summed E-state index contributed by atoms with van der Waals surface area (Å²) in [6.07, 6.45) is 3.35. The Morgan fingerprint density at radius 2 is 2.02 bits per heavy atom. The molecule has 0 aliphatic carbocycles. The highest BCUT2D eigenvalue weighted by Gasteiger charge is 2.43. The molecular formula is C31H29F3N4O5S. The number of fused-ring (bicyclic) bond motifs is 2. The topological polar surface area (TPSA) is 137 Å². The predicted octanol–water partition coefficient (Wildman–Crippen LogP) is 5.89. The number of H-pyrrole nitrogens is 1. The first kappa shape index (κ1) is 29.5. The van der Waals surface area contributed by atoms with Gasteiger partial charge in [-0.3, -0.25) is 9.79 Å². The number of amidine groups is 1. The molecule has 2 aliphatic heterocycles. The van der Waals surface area contributed by atoms with Crippen molar-refractivity contribution in [3.63, 3.8) is 0 Å². The number of carboxylic acid groups (broad SMARTS) is 1. The maximum absolute atomic E-state index is 15.2. The van der Waals surface area contributed by atoms with Gasteiger partial charge in [0.05, 0.1) is 40.0 Å². The van der Waals surface area contributed by atoms with Crippen LogP contribution in [0.2, 0.25) is 0 Å². The van der Waals surface area contributed by atoms with E-state index >= 15 is 8.78 Å². The quantitative estimate of drug-likeness (QED) is 0.193. The molecule has 3 heterocycles. The van der Waals surface area contributed by atoms with Crippen molar-refractivity contribution < 1.29 is 36.8 Å². The highest BCUT2D eigenvalue weighted by Crippen LogP contribution is 2.44. The maximum Gasteiger partial charge on any atom is 0.303 e. The van der Waals surface area contributed by atoms with Crippen LogP contribution in [0.1, 0.15) is 36.5 Å². The zero-order valence-corrected chi connectivity index (χ0v) is 24.6. The Morgan fingerprint density at radius 3 is 2.77 bits per heavy atom. The molecule has 44 heavy (non-hydrogen) atoms. The maximum atomic E-state index is 15.2. The molecule has 6 rings (SSSR count). The summed E-state index contributed by atoms with van der Waals surface area (Å²) in [6.45, 7) is 2.77. The van der Waals surface area contributed by atoms with E-state index in [0.29, 0.717) is 31.7 Å². The zero-order valence-electron chi connectivity index (χ0n) is 23.8. The smallest absolute Gasteiger partial charge is 0.303 e. The van der Waals surface area contributed by atoms with Gasteiger partial charge in [-0.25, -0.2) is 17.8 Å². The predicted molar refractivity (Wildman–Crippen MR) is 158 cm³/mol. The molecule has 0 radical (unpaired) electrons. The van der Waals surface area contributed by atoms with Gasteiger partial charge in [0.15, 0.2) is 11.6 Å². The fourth-order valence-corrected chi connectivity index (χ4v) is 7.06. The molecule has 0 spiro atoms. The molecule has 9 nitrogen and oxygen atoms in total. The minimum Gasteiger partial charge on any atom is -0.493 e. The van der Waals surface area contributed by atoms with Gasteiger partial charge in [-0.05, 0) is 42.7 Å². The van der Waals surface area contributed by atoms with Crippen molar-refractivity contribution in [2.24, 2.45) is 4.99 Å². The third-order valence-corrected chi connectivity index (χ3v) is 9.50. The van der Waals surface area contributed by atoms with Crippen LogP contribution < -0.4 is 14.8 Å². The Labute approximate surface area is 251 Å². The molecule has 1 aromatic heterocycles. The van der Waals surface area contributed by atoms with E-state index in [1.807, 2.05) is 18.2 Å². The third-order valence-electron chi connectivity index (χ3n) is 8.31. The first-order valence-corrected chi connectivity index (χ1v) is 15.8. The van der Waals surface area contributed by atoms with E-state index in [1.165, 1.54) is 24.4 Å². The molecule has 3 unspecified atom stereocenters. The molecule has 4 aromatic rings. The van der Waals surface area contributed by atoms with Crippen LogP contribution in [0.3, 0.4) is 0 Å². The molecule has 0 fully saturated rings. The number of hydrogen-bond donors (Lipinski definition) is 4. The largest absolute Gasteiger partial charge is 0.493 e. The van der Waals surface area contributed by atoms with Gasteiger partial charge in [0, 0.05) is 35.2 Å². The average molecular weight is 627 g/mol. The summed E-state index contributed by atoms with van der Waals surface area (Å²) in [6, 6.07) is 10.4. The molecule has 230 valence electrons. The van der Waals surface area contributed by atoms with Gasteiger partial charge in [0.25, 0.3) is 0 Å². The summed E-state index contributed by atoms with van der Waals surface area (Å²) in [7, 11) is -3.59. The number of para-hydroxylation sites is 1. The molecule has 0 amide bonds. The Bertz CT molecular complexity index is 1960. The first-order chi connectivity index (χ1) is 20.9. The number of carbonyl (C=O) groups is 1. The highest BCUT2D eigenvalue weighted by atomic mass is 32.2. The summed E-state index contributed by atoms with van der Waals surface area (Å²) in [5, 5.41) is 12.5. The zero-order chi connectivity index (χ0) is 31.4. The van der Waals surface area contributed by atoms with Crippen molar-refractivity contribution in [3.05, 3.63) is 82.8 Å². The van der Waals surface area contributed by atoms with Gasteiger partial charge in [-0.2, -0.15) is 4.39 Å². The SMILES string of the molecule is CC1(C2CN=C(c3cc(Oc4c(F)c(F)c5[nH]ccc5c4S(C)(=N)=O)ccc3F)N2)CCOc2c(CCC(=O)O)cccc21. The number of ether oxygens (including phenoxy) is 2. The number of halogens is 3. The molecule has 3 atom stereocenters. The van der Waals surface area contributed by atoms with Crippen molar-refractivity contribution in [3.8, 4) is 17.2 Å². The van der Waals surface area contributed by atoms with E-state index in [9.17, 15) is 13.4 Å². The average Bonchev–Trinajstić information content (AvgIpc) is 3.66. The van der Waals surface area contributed by atoms with Gasteiger partial charge in [0.1, 0.15) is 28.0 Å². The minimum atomic E-state index is -3.59. The van der Waals surface area contributed by atoms with E-state index in [1.54, 1.807) is 0 Å². The number of aromatic amines is 1. The van der Waals surface area contributed by atoms with Crippen LogP contribution in [0.15, 0.2) is 58.5 Å². The van der Waals surface area contributed by atoms with E-state index in [2.05, 4.69) is 22.2 Å². The highest BCUT2D eigenvalue weighted by molar-refractivity contribution is 7.92. The lowest BCUT2D eigenvalue weighted by molar-refractivity contribution is -0.136. The third kappa shape index (κ3) is 5.04. The van der Waals surface area contributed by atoms with Crippen LogP contribution in [0.5, 0.6) is 17.2 Å². The summed E-state index contributed by atoms with van der Waals surface area (Å²) in [5.41, 5.74) is 1.01. The molecule has 2 aliphatic rings. The fourth-order valence-electron chi connectivity index (χ4n) is 5.98. The number of aromatic nitrogens is 1. The van der Waals surface area contributed by atoms with Gasteiger partial charge >= 0.3 is 5.97 Å². The normalized spacial score (nSPS) is 20.8. The van der Waals surface area contributed by atoms with Crippen LogP contribution in [-0.4, -0.2) is 51.6 Å². The number of nitrogens with one attached hydrogen (secondary N) is 3. The van der Waals surface area contributed by atoms with Crippen LogP contribution in [0.4, 0.5) is 13.2 Å². The number of aliphatic imine (C=N–C) groups is 1. The van der Waals surface area contributed by atoms with E-state index in [4.69, 9.17) is 19.4 Å². The van der Waals surface area contributed by atoms with Crippen LogP contribution >= 0.6 is 0 Å². The number of nitrogens with zero attached hydrogens (tertiary/aromatic N) is 1. The number of hydrogen-bond acceptors (Lipinski definition) is 7. The van der Waals surface area contributed by atoms with Crippen molar-refractivity contribution in [1.82, 2.24) is 10.3 Å². The minimum absolute atomic E-state index is 0.0304. The van der Waals surface area contributed by atoms with Crippen molar-refractivity contribution in [1.29, 1.82) is 4.78 Å². The molecule has 0 bridgehead atoms. The number of rotatable bonds is 8.